The van der Waals surface area contributed by atoms with Crippen molar-refractivity contribution < 1.29 is 29.4 Å². The first-order chi connectivity index (χ1) is 11.6. The molecular weight excluding hydrogens is 350 g/mol. The summed E-state index contributed by atoms with van der Waals surface area (Å²) in [5.41, 5.74) is 5.34. The Hall–Kier alpha value is -1.81. The number of nitrogens with one attached hydrogen (secondary N) is 2. The molecule has 0 fully saturated rings. The van der Waals surface area contributed by atoms with Gasteiger partial charge in [-0.3, -0.25) is 14.4 Å². The minimum absolute atomic E-state index is 0.000934. The minimum Gasteiger partial charge on any atom is -0.480 e. The van der Waals surface area contributed by atoms with Crippen LogP contribution in [-0.2, 0) is 19.2 Å². The predicted octanol–water partition coefficient (Wildman–Crippen LogP) is -0.401. The molecule has 0 bridgehead atoms. The van der Waals surface area contributed by atoms with Gasteiger partial charge in [-0.1, -0.05) is 20.3 Å². The lowest BCUT2D eigenvalue weighted by Crippen LogP contribution is -2.54. The van der Waals surface area contributed by atoms with E-state index in [1.165, 1.54) is 0 Å². The van der Waals surface area contributed by atoms with Crippen LogP contribution in [0.1, 0.15) is 39.5 Å². The number of amides is 2. The van der Waals surface area contributed by atoms with Crippen molar-refractivity contribution in [3.63, 3.8) is 0 Å². The van der Waals surface area contributed by atoms with Crippen LogP contribution in [0.25, 0.3) is 0 Å². The number of carboxylic acids is 2. The summed E-state index contributed by atoms with van der Waals surface area (Å²) >= 11 is 4.01. The normalized spacial score (nSPS) is 15.5. The zero-order chi connectivity index (χ0) is 19.6. The summed E-state index contributed by atoms with van der Waals surface area (Å²) in [4.78, 5) is 45.9. The number of hydrogen-bond acceptors (Lipinski definition) is 6. The van der Waals surface area contributed by atoms with E-state index in [1.54, 1.807) is 6.92 Å². The fourth-order valence-corrected chi connectivity index (χ4v) is 2.26. The molecule has 0 aliphatic rings. The molecule has 6 N–H and O–H groups in total. The molecule has 0 heterocycles. The van der Waals surface area contributed by atoms with Crippen molar-refractivity contribution in [1.82, 2.24) is 10.6 Å². The molecule has 2 amide bonds. The fourth-order valence-electron chi connectivity index (χ4n) is 2.00. The van der Waals surface area contributed by atoms with Gasteiger partial charge in [0.05, 0.1) is 0 Å². The van der Waals surface area contributed by atoms with Crippen LogP contribution in [0.5, 0.6) is 0 Å². The van der Waals surface area contributed by atoms with Crippen LogP contribution in [0.2, 0.25) is 0 Å². The summed E-state index contributed by atoms with van der Waals surface area (Å²) in [5, 5.41) is 22.7. The van der Waals surface area contributed by atoms with Crippen molar-refractivity contribution in [3.8, 4) is 0 Å². The Morgan fingerprint density at radius 1 is 1.12 bits per heavy atom. The number of aliphatic carboxylic acids is 2. The molecule has 0 aromatic rings. The first kappa shape index (κ1) is 23.2. The monoisotopic (exact) mass is 377 g/mol. The van der Waals surface area contributed by atoms with Crippen molar-refractivity contribution in [3.05, 3.63) is 0 Å². The van der Waals surface area contributed by atoms with E-state index >= 15 is 0 Å². The standard InChI is InChI=1S/C15H27N3O6S/c1-3-8(2)12(15(23)24)18-13(20)10(7-25)17-11(19)6-4-5-9(16)14(21)22/h8-10,12,25H,3-7,16H2,1-2H3,(H,17,19)(H,18,20)(H,21,22)(H,23,24)/t8-,9?,10+,12+/m1/s1. The van der Waals surface area contributed by atoms with Crippen LogP contribution in [0.3, 0.4) is 0 Å². The third kappa shape index (κ3) is 8.73. The second-order valence-corrected chi connectivity index (χ2v) is 6.21. The third-order valence-electron chi connectivity index (χ3n) is 3.85. The summed E-state index contributed by atoms with van der Waals surface area (Å²) in [5.74, 6) is -3.64. The summed E-state index contributed by atoms with van der Waals surface area (Å²) in [7, 11) is 0. The van der Waals surface area contributed by atoms with Crippen LogP contribution < -0.4 is 16.4 Å². The quantitative estimate of drug-likeness (QED) is 0.252. The number of carboxylic acid groups (broad SMARTS) is 2. The van der Waals surface area contributed by atoms with Gasteiger partial charge >= 0.3 is 11.9 Å². The molecule has 0 aliphatic heterocycles. The molecule has 0 aromatic heterocycles. The van der Waals surface area contributed by atoms with Crippen LogP contribution in [0.4, 0.5) is 0 Å². The molecule has 9 nitrogen and oxygen atoms in total. The Kier molecular flexibility index (Phi) is 10.8. The molecule has 4 atom stereocenters. The highest BCUT2D eigenvalue weighted by Crippen LogP contribution is 2.08. The highest BCUT2D eigenvalue weighted by molar-refractivity contribution is 7.80. The SMILES string of the molecule is CC[C@@H](C)[C@H](NC(=O)[C@H](CS)NC(=O)CCCC(N)C(=O)O)C(=O)O. The maximum Gasteiger partial charge on any atom is 0.326 e. The van der Waals surface area contributed by atoms with Crippen LogP contribution in [0.15, 0.2) is 0 Å². The molecule has 10 heteroatoms. The summed E-state index contributed by atoms with van der Waals surface area (Å²) in [6.07, 6.45) is 0.964. The molecule has 0 radical (unpaired) electrons. The lowest BCUT2D eigenvalue weighted by Gasteiger charge is -2.23. The Balaban J connectivity index is 4.55. The van der Waals surface area contributed by atoms with E-state index < -0.39 is 41.9 Å². The fraction of sp³-hybridized carbons (Fsp3) is 0.733. The molecule has 144 valence electrons. The molecule has 0 rings (SSSR count). The summed E-state index contributed by atoms with van der Waals surface area (Å²) in [6.45, 7) is 3.52. The Morgan fingerprint density at radius 2 is 1.72 bits per heavy atom. The van der Waals surface area contributed by atoms with Crippen LogP contribution in [-0.4, -0.2) is 57.8 Å². The van der Waals surface area contributed by atoms with Crippen LogP contribution >= 0.6 is 12.6 Å². The maximum absolute atomic E-state index is 12.2. The topological polar surface area (TPSA) is 159 Å². The first-order valence-electron chi connectivity index (χ1n) is 8.05. The van der Waals surface area contributed by atoms with Crippen molar-refractivity contribution in [2.45, 2.75) is 57.7 Å². The van der Waals surface area contributed by atoms with E-state index in [4.69, 9.17) is 10.8 Å². The second kappa shape index (κ2) is 11.7. The molecule has 0 spiro atoms. The van der Waals surface area contributed by atoms with Gasteiger partial charge in [-0.15, -0.1) is 0 Å². The lowest BCUT2D eigenvalue weighted by molar-refractivity contribution is -0.143. The van der Waals surface area contributed by atoms with Crippen molar-refractivity contribution in [2.24, 2.45) is 11.7 Å². The molecule has 0 saturated carbocycles. The van der Waals surface area contributed by atoms with E-state index in [0.717, 1.165) is 0 Å². The van der Waals surface area contributed by atoms with E-state index in [2.05, 4.69) is 23.3 Å². The number of carbonyl (C=O) groups is 4. The van der Waals surface area contributed by atoms with Gasteiger partial charge in [0.1, 0.15) is 18.1 Å². The van der Waals surface area contributed by atoms with Gasteiger partial charge in [0.15, 0.2) is 0 Å². The van der Waals surface area contributed by atoms with Gasteiger partial charge in [0.25, 0.3) is 0 Å². The smallest absolute Gasteiger partial charge is 0.326 e. The summed E-state index contributed by atoms with van der Waals surface area (Å²) in [6, 6.07) is -3.07. The number of rotatable bonds is 12. The Morgan fingerprint density at radius 3 is 2.16 bits per heavy atom. The Labute approximate surface area is 152 Å². The van der Waals surface area contributed by atoms with Crippen molar-refractivity contribution in [2.75, 3.05) is 5.75 Å². The molecular formula is C15H27N3O6S. The zero-order valence-electron chi connectivity index (χ0n) is 14.4. The number of thiol groups is 1. The molecule has 0 aromatic carbocycles. The number of hydrogen-bond donors (Lipinski definition) is 6. The Bertz CT molecular complexity index is 488. The van der Waals surface area contributed by atoms with Gasteiger partial charge in [0.2, 0.25) is 11.8 Å². The number of nitrogens with two attached hydrogens (primary N) is 1. The van der Waals surface area contributed by atoms with E-state index in [-0.39, 0.29) is 30.9 Å². The maximum atomic E-state index is 12.2. The van der Waals surface area contributed by atoms with Gasteiger partial charge in [-0.2, -0.15) is 12.6 Å². The first-order valence-corrected chi connectivity index (χ1v) is 8.69. The van der Waals surface area contributed by atoms with Gasteiger partial charge in [-0.25, -0.2) is 4.79 Å². The molecule has 0 saturated heterocycles. The van der Waals surface area contributed by atoms with E-state index in [1.807, 2.05) is 6.92 Å². The predicted molar refractivity (Wildman–Crippen MR) is 94.3 cm³/mol. The number of carbonyl (C=O) groups excluding carboxylic acids is 2. The average Bonchev–Trinajstić information content (AvgIpc) is 2.55. The highest BCUT2D eigenvalue weighted by atomic mass is 32.1. The zero-order valence-corrected chi connectivity index (χ0v) is 15.3. The summed E-state index contributed by atoms with van der Waals surface area (Å²) < 4.78 is 0. The van der Waals surface area contributed by atoms with Gasteiger partial charge in [-0.05, 0) is 18.8 Å². The van der Waals surface area contributed by atoms with Gasteiger partial charge in [0, 0.05) is 12.2 Å². The molecule has 1 unspecified atom stereocenters. The van der Waals surface area contributed by atoms with E-state index in [9.17, 15) is 24.3 Å². The van der Waals surface area contributed by atoms with Crippen LogP contribution in [0, 0.1) is 5.92 Å². The molecule has 0 aliphatic carbocycles. The van der Waals surface area contributed by atoms with Crippen molar-refractivity contribution in [1.29, 1.82) is 0 Å². The minimum atomic E-state index is -1.14. The van der Waals surface area contributed by atoms with Gasteiger partial charge < -0.3 is 26.6 Å². The lowest BCUT2D eigenvalue weighted by atomic mass is 9.99. The third-order valence-corrected chi connectivity index (χ3v) is 4.21. The second-order valence-electron chi connectivity index (χ2n) is 5.85. The average molecular weight is 377 g/mol. The largest absolute Gasteiger partial charge is 0.480 e. The highest BCUT2D eigenvalue weighted by Gasteiger charge is 2.28. The van der Waals surface area contributed by atoms with E-state index in [0.29, 0.717) is 6.42 Å². The van der Waals surface area contributed by atoms with Crippen molar-refractivity contribution >= 4 is 36.4 Å². The molecule has 25 heavy (non-hydrogen) atoms.